The lowest BCUT2D eigenvalue weighted by atomic mass is 10.0. The summed E-state index contributed by atoms with van der Waals surface area (Å²) in [5, 5.41) is 0. The summed E-state index contributed by atoms with van der Waals surface area (Å²) in [7, 11) is 0. The fourth-order valence-corrected chi connectivity index (χ4v) is 3.72. The van der Waals surface area contributed by atoms with E-state index < -0.39 is 0 Å². The molecule has 2 atom stereocenters. The summed E-state index contributed by atoms with van der Waals surface area (Å²) < 4.78 is 0. The van der Waals surface area contributed by atoms with E-state index in [1.54, 1.807) is 0 Å². The van der Waals surface area contributed by atoms with Crippen molar-refractivity contribution in [3.8, 4) is 0 Å². The molecule has 1 saturated heterocycles. The van der Waals surface area contributed by atoms with Crippen LogP contribution < -0.4 is 10.6 Å². The Morgan fingerprint density at radius 2 is 2.00 bits per heavy atom. The molecule has 0 aromatic carbocycles. The van der Waals surface area contributed by atoms with Crippen LogP contribution in [0, 0.1) is 11.8 Å². The molecule has 0 amide bonds. The third-order valence-corrected chi connectivity index (χ3v) is 4.72. The van der Waals surface area contributed by atoms with Gasteiger partial charge in [0.05, 0.1) is 0 Å². The highest BCUT2D eigenvalue weighted by Gasteiger charge is 2.36. The minimum absolute atomic E-state index is 0.618. The molecule has 1 saturated carbocycles. The standard InChI is InChI=1S/C16H25N3/c1-2-4-15-7-12(9-17)8-16(18-15)19-10-13-5-3-6-14(13)11-19/h7-8,13-14H,2-6,9-11,17H2,1H3. The first-order valence-electron chi connectivity index (χ1n) is 7.75. The van der Waals surface area contributed by atoms with Gasteiger partial charge in [-0.05, 0) is 48.8 Å². The number of nitrogens with zero attached hydrogens (tertiary/aromatic N) is 2. The van der Waals surface area contributed by atoms with Gasteiger partial charge in [-0.25, -0.2) is 4.98 Å². The van der Waals surface area contributed by atoms with E-state index in [9.17, 15) is 0 Å². The lowest BCUT2D eigenvalue weighted by Gasteiger charge is -2.20. The number of pyridine rings is 1. The highest BCUT2D eigenvalue weighted by atomic mass is 15.2. The second kappa shape index (κ2) is 5.49. The third-order valence-electron chi connectivity index (χ3n) is 4.72. The summed E-state index contributed by atoms with van der Waals surface area (Å²) in [6.07, 6.45) is 6.47. The van der Waals surface area contributed by atoms with Crippen LogP contribution in [0.15, 0.2) is 12.1 Å². The van der Waals surface area contributed by atoms with E-state index in [1.807, 2.05) is 0 Å². The van der Waals surface area contributed by atoms with Gasteiger partial charge in [0.25, 0.3) is 0 Å². The predicted octanol–water partition coefficient (Wildman–Crippen LogP) is 2.73. The number of aryl methyl sites for hydroxylation is 1. The molecule has 3 nitrogen and oxygen atoms in total. The summed E-state index contributed by atoms with van der Waals surface area (Å²) in [5.41, 5.74) is 8.26. The zero-order valence-electron chi connectivity index (χ0n) is 11.9. The molecule has 2 unspecified atom stereocenters. The van der Waals surface area contributed by atoms with Crippen molar-refractivity contribution >= 4 is 5.82 Å². The summed E-state index contributed by atoms with van der Waals surface area (Å²) in [6.45, 7) is 5.23. The molecule has 104 valence electrons. The van der Waals surface area contributed by atoms with Crippen LogP contribution in [0.1, 0.15) is 43.9 Å². The van der Waals surface area contributed by atoms with E-state index in [-0.39, 0.29) is 0 Å². The fourth-order valence-electron chi connectivity index (χ4n) is 3.72. The monoisotopic (exact) mass is 259 g/mol. The molecule has 2 heterocycles. The van der Waals surface area contributed by atoms with Crippen LogP contribution in [-0.4, -0.2) is 18.1 Å². The van der Waals surface area contributed by atoms with Crippen LogP contribution in [0.3, 0.4) is 0 Å². The van der Waals surface area contributed by atoms with Gasteiger partial charge in [0.1, 0.15) is 5.82 Å². The number of fused-ring (bicyclic) bond motifs is 1. The molecule has 3 rings (SSSR count). The Labute approximate surface area is 116 Å². The number of hydrogen-bond acceptors (Lipinski definition) is 3. The van der Waals surface area contributed by atoms with Gasteiger partial charge < -0.3 is 10.6 Å². The first-order valence-corrected chi connectivity index (χ1v) is 7.75. The second-order valence-corrected chi connectivity index (χ2v) is 6.14. The molecule has 0 bridgehead atoms. The summed E-state index contributed by atoms with van der Waals surface area (Å²) in [5.74, 6) is 3.00. The van der Waals surface area contributed by atoms with Crippen molar-refractivity contribution in [3.05, 3.63) is 23.4 Å². The SMILES string of the molecule is CCCc1cc(CN)cc(N2CC3CCCC3C2)n1. The molecule has 2 aliphatic rings. The third kappa shape index (κ3) is 2.62. The zero-order chi connectivity index (χ0) is 13.2. The van der Waals surface area contributed by atoms with Crippen LogP contribution in [-0.2, 0) is 13.0 Å². The van der Waals surface area contributed by atoms with Crippen molar-refractivity contribution in [2.75, 3.05) is 18.0 Å². The van der Waals surface area contributed by atoms with Crippen LogP contribution >= 0.6 is 0 Å². The van der Waals surface area contributed by atoms with Gasteiger partial charge >= 0.3 is 0 Å². The Balaban J connectivity index is 1.81. The van der Waals surface area contributed by atoms with Gasteiger partial charge in [0, 0.05) is 25.3 Å². The second-order valence-electron chi connectivity index (χ2n) is 6.14. The minimum atomic E-state index is 0.618. The Morgan fingerprint density at radius 1 is 1.26 bits per heavy atom. The molecule has 1 aliphatic carbocycles. The fraction of sp³-hybridized carbons (Fsp3) is 0.688. The molecule has 2 N–H and O–H groups in total. The lowest BCUT2D eigenvalue weighted by Crippen LogP contribution is -2.22. The highest BCUT2D eigenvalue weighted by Crippen LogP contribution is 2.39. The maximum Gasteiger partial charge on any atom is 0.129 e. The Bertz CT molecular complexity index is 432. The maximum absolute atomic E-state index is 5.83. The lowest BCUT2D eigenvalue weighted by molar-refractivity contribution is 0.494. The maximum atomic E-state index is 5.83. The van der Waals surface area contributed by atoms with Crippen LogP contribution in [0.25, 0.3) is 0 Å². The zero-order valence-corrected chi connectivity index (χ0v) is 11.9. The van der Waals surface area contributed by atoms with Gasteiger partial charge in [-0.2, -0.15) is 0 Å². The van der Waals surface area contributed by atoms with Gasteiger partial charge in [-0.15, -0.1) is 0 Å². The Kier molecular flexibility index (Phi) is 3.74. The van der Waals surface area contributed by atoms with E-state index in [0.717, 1.165) is 24.7 Å². The topological polar surface area (TPSA) is 42.1 Å². The number of aromatic nitrogens is 1. The molecular weight excluding hydrogens is 234 g/mol. The van der Waals surface area contributed by atoms with Crippen molar-refractivity contribution < 1.29 is 0 Å². The minimum Gasteiger partial charge on any atom is -0.356 e. The largest absolute Gasteiger partial charge is 0.356 e. The molecule has 3 heteroatoms. The number of rotatable bonds is 4. The average Bonchev–Trinajstić information content (AvgIpc) is 2.99. The molecule has 19 heavy (non-hydrogen) atoms. The van der Waals surface area contributed by atoms with Crippen LogP contribution in [0.5, 0.6) is 0 Å². The molecule has 0 radical (unpaired) electrons. The predicted molar refractivity (Wildman–Crippen MR) is 79.2 cm³/mol. The molecule has 2 fully saturated rings. The average molecular weight is 259 g/mol. The summed E-state index contributed by atoms with van der Waals surface area (Å²) in [6, 6.07) is 4.37. The number of hydrogen-bond donors (Lipinski definition) is 1. The van der Waals surface area contributed by atoms with E-state index in [0.29, 0.717) is 6.54 Å². The van der Waals surface area contributed by atoms with E-state index in [2.05, 4.69) is 24.0 Å². The first kappa shape index (κ1) is 12.9. The number of nitrogens with two attached hydrogens (primary N) is 1. The first-order chi connectivity index (χ1) is 9.30. The molecular formula is C16H25N3. The van der Waals surface area contributed by atoms with Crippen LogP contribution in [0.4, 0.5) is 5.82 Å². The quantitative estimate of drug-likeness (QED) is 0.904. The van der Waals surface area contributed by atoms with Crippen molar-refractivity contribution in [1.29, 1.82) is 0 Å². The molecule has 1 aromatic rings. The van der Waals surface area contributed by atoms with E-state index in [1.165, 1.54) is 49.4 Å². The van der Waals surface area contributed by atoms with Crippen molar-refractivity contribution in [1.82, 2.24) is 4.98 Å². The van der Waals surface area contributed by atoms with Crippen LogP contribution in [0.2, 0.25) is 0 Å². The van der Waals surface area contributed by atoms with Gasteiger partial charge in [-0.1, -0.05) is 19.8 Å². The number of anilines is 1. The smallest absolute Gasteiger partial charge is 0.129 e. The molecule has 0 spiro atoms. The summed E-state index contributed by atoms with van der Waals surface area (Å²) in [4.78, 5) is 7.34. The Hall–Kier alpha value is -1.09. The normalized spacial score (nSPS) is 25.9. The van der Waals surface area contributed by atoms with Crippen molar-refractivity contribution in [2.45, 2.75) is 45.6 Å². The molecule has 1 aliphatic heterocycles. The van der Waals surface area contributed by atoms with E-state index in [4.69, 9.17) is 10.7 Å². The van der Waals surface area contributed by atoms with E-state index >= 15 is 0 Å². The van der Waals surface area contributed by atoms with Gasteiger partial charge in [-0.3, -0.25) is 0 Å². The Morgan fingerprint density at radius 3 is 2.63 bits per heavy atom. The van der Waals surface area contributed by atoms with Gasteiger partial charge in [0.2, 0.25) is 0 Å². The highest BCUT2D eigenvalue weighted by molar-refractivity contribution is 5.44. The van der Waals surface area contributed by atoms with Gasteiger partial charge in [0.15, 0.2) is 0 Å². The van der Waals surface area contributed by atoms with Crippen molar-refractivity contribution in [3.63, 3.8) is 0 Å². The summed E-state index contributed by atoms with van der Waals surface area (Å²) >= 11 is 0. The van der Waals surface area contributed by atoms with Crippen molar-refractivity contribution in [2.24, 2.45) is 17.6 Å². The molecule has 1 aromatic heterocycles.